The van der Waals surface area contributed by atoms with Crippen molar-refractivity contribution in [3.05, 3.63) is 11.1 Å². The number of anilines is 1. The van der Waals surface area contributed by atoms with E-state index in [4.69, 9.17) is 5.73 Å². The first-order valence-electron chi connectivity index (χ1n) is 5.42. The van der Waals surface area contributed by atoms with Crippen LogP contribution in [0.2, 0.25) is 0 Å². The molecule has 17 heavy (non-hydrogen) atoms. The molecule has 0 aliphatic heterocycles. The molecule has 0 saturated heterocycles. The van der Waals surface area contributed by atoms with Gasteiger partial charge in [-0.25, -0.2) is 4.98 Å². The van der Waals surface area contributed by atoms with Gasteiger partial charge in [-0.05, 0) is 5.92 Å². The molecule has 1 amide bonds. The monoisotopic (exact) mass is 255 g/mol. The Morgan fingerprint density at radius 1 is 1.53 bits per heavy atom. The molecule has 1 heterocycles. The highest BCUT2D eigenvalue weighted by molar-refractivity contribution is 7.14. The second-order valence-corrected chi connectivity index (χ2v) is 5.11. The fourth-order valence-corrected chi connectivity index (χ4v) is 1.88. The standard InChI is InChI=1S/C11H17N3O2S/c1-6(2)8(12)4-10(16)14-11-13-9(5-17-11)7(3)15/h5-6,8H,4,12H2,1-3H3,(H,13,14,16). The van der Waals surface area contributed by atoms with Crippen LogP contribution in [0.25, 0.3) is 0 Å². The van der Waals surface area contributed by atoms with E-state index in [2.05, 4.69) is 10.3 Å². The lowest BCUT2D eigenvalue weighted by Gasteiger charge is -2.14. The van der Waals surface area contributed by atoms with E-state index >= 15 is 0 Å². The van der Waals surface area contributed by atoms with Crippen molar-refractivity contribution in [3.63, 3.8) is 0 Å². The number of nitrogens with one attached hydrogen (secondary N) is 1. The van der Waals surface area contributed by atoms with Gasteiger partial charge in [0.15, 0.2) is 10.9 Å². The Balaban J connectivity index is 2.53. The van der Waals surface area contributed by atoms with Crippen LogP contribution in [0, 0.1) is 5.92 Å². The Bertz CT molecular complexity index is 415. The van der Waals surface area contributed by atoms with E-state index in [-0.39, 0.29) is 30.1 Å². The summed E-state index contributed by atoms with van der Waals surface area (Å²) in [5.74, 6) is -0.0268. The van der Waals surface area contributed by atoms with E-state index in [1.54, 1.807) is 5.38 Å². The topological polar surface area (TPSA) is 85.1 Å². The Labute approximate surface area is 104 Å². The zero-order valence-electron chi connectivity index (χ0n) is 10.2. The normalized spacial score (nSPS) is 12.5. The van der Waals surface area contributed by atoms with E-state index in [9.17, 15) is 9.59 Å². The maximum Gasteiger partial charge on any atom is 0.227 e. The summed E-state index contributed by atoms with van der Waals surface area (Å²) in [5, 5.41) is 4.71. The summed E-state index contributed by atoms with van der Waals surface area (Å²) in [6.07, 6.45) is 0.257. The number of hydrogen-bond donors (Lipinski definition) is 2. The lowest BCUT2D eigenvalue weighted by atomic mass is 10.0. The van der Waals surface area contributed by atoms with Crippen LogP contribution in [0.3, 0.4) is 0 Å². The Kier molecular flexibility index (Phi) is 4.77. The molecule has 1 atom stereocenters. The minimum atomic E-state index is -0.171. The first-order valence-corrected chi connectivity index (χ1v) is 6.30. The van der Waals surface area contributed by atoms with Gasteiger partial charge in [0.1, 0.15) is 5.69 Å². The van der Waals surface area contributed by atoms with Crippen LogP contribution in [-0.4, -0.2) is 22.7 Å². The number of hydrogen-bond acceptors (Lipinski definition) is 5. The predicted molar refractivity (Wildman–Crippen MR) is 68.2 cm³/mol. The highest BCUT2D eigenvalue weighted by Gasteiger charge is 2.14. The highest BCUT2D eigenvalue weighted by atomic mass is 32.1. The third-order valence-electron chi connectivity index (χ3n) is 2.39. The van der Waals surface area contributed by atoms with Crippen molar-refractivity contribution >= 4 is 28.2 Å². The van der Waals surface area contributed by atoms with Gasteiger partial charge in [-0.3, -0.25) is 9.59 Å². The van der Waals surface area contributed by atoms with Crippen molar-refractivity contribution in [3.8, 4) is 0 Å². The van der Waals surface area contributed by atoms with E-state index < -0.39 is 0 Å². The van der Waals surface area contributed by atoms with Crippen LogP contribution < -0.4 is 11.1 Å². The van der Waals surface area contributed by atoms with Crippen molar-refractivity contribution in [2.45, 2.75) is 33.2 Å². The average Bonchev–Trinajstić information content (AvgIpc) is 2.65. The number of thiazole rings is 1. The largest absolute Gasteiger partial charge is 0.327 e. The average molecular weight is 255 g/mol. The zero-order chi connectivity index (χ0) is 13.0. The number of carbonyl (C=O) groups excluding carboxylic acids is 2. The molecule has 1 rings (SSSR count). The molecule has 0 spiro atoms. The van der Waals surface area contributed by atoms with Gasteiger partial charge in [-0.15, -0.1) is 11.3 Å². The van der Waals surface area contributed by atoms with Gasteiger partial charge >= 0.3 is 0 Å². The van der Waals surface area contributed by atoms with Gasteiger partial charge in [0.05, 0.1) is 0 Å². The molecule has 0 aliphatic carbocycles. The van der Waals surface area contributed by atoms with Gasteiger partial charge in [0, 0.05) is 24.8 Å². The summed E-state index contributed by atoms with van der Waals surface area (Å²) in [6, 6.07) is -0.165. The molecule has 6 heteroatoms. The Morgan fingerprint density at radius 3 is 2.65 bits per heavy atom. The summed E-state index contributed by atoms with van der Waals surface area (Å²) in [7, 11) is 0. The number of Topliss-reactive ketones (excluding diaryl/α,β-unsaturated/α-hetero) is 1. The molecule has 94 valence electrons. The molecule has 3 N–H and O–H groups in total. The van der Waals surface area contributed by atoms with Crippen LogP contribution >= 0.6 is 11.3 Å². The van der Waals surface area contributed by atoms with Gasteiger partial charge in [0.2, 0.25) is 5.91 Å². The number of nitrogens with two attached hydrogens (primary N) is 1. The molecular formula is C11H17N3O2S. The zero-order valence-corrected chi connectivity index (χ0v) is 11.0. The maximum absolute atomic E-state index is 11.6. The molecule has 5 nitrogen and oxygen atoms in total. The van der Waals surface area contributed by atoms with E-state index in [1.807, 2.05) is 13.8 Å². The van der Waals surface area contributed by atoms with Crippen LogP contribution in [0.4, 0.5) is 5.13 Å². The highest BCUT2D eigenvalue weighted by Crippen LogP contribution is 2.16. The van der Waals surface area contributed by atoms with Crippen LogP contribution in [-0.2, 0) is 4.79 Å². The van der Waals surface area contributed by atoms with Crippen LogP contribution in [0.5, 0.6) is 0 Å². The summed E-state index contributed by atoms with van der Waals surface area (Å²) < 4.78 is 0. The SMILES string of the molecule is CC(=O)c1csc(NC(=O)CC(N)C(C)C)n1. The molecule has 0 bridgehead atoms. The summed E-state index contributed by atoms with van der Waals surface area (Å²) in [5.41, 5.74) is 6.17. The smallest absolute Gasteiger partial charge is 0.227 e. The number of carbonyl (C=O) groups is 2. The molecule has 0 radical (unpaired) electrons. The fraction of sp³-hybridized carbons (Fsp3) is 0.545. The van der Waals surface area contributed by atoms with Gasteiger partial charge < -0.3 is 11.1 Å². The predicted octanol–water partition coefficient (Wildman–Crippen LogP) is 1.66. The van der Waals surface area contributed by atoms with Crippen molar-refractivity contribution in [1.82, 2.24) is 4.98 Å². The van der Waals surface area contributed by atoms with E-state index in [1.165, 1.54) is 18.3 Å². The van der Waals surface area contributed by atoms with Gasteiger partial charge in [0.25, 0.3) is 0 Å². The third kappa shape index (κ3) is 4.24. The number of nitrogens with zero attached hydrogens (tertiary/aromatic N) is 1. The minimum absolute atomic E-state index is 0.111. The number of aromatic nitrogens is 1. The number of amides is 1. The van der Waals surface area contributed by atoms with Crippen molar-refractivity contribution < 1.29 is 9.59 Å². The second kappa shape index (κ2) is 5.88. The summed E-state index contributed by atoms with van der Waals surface area (Å²) in [4.78, 5) is 26.6. The molecule has 0 aliphatic rings. The molecule has 0 saturated carbocycles. The lowest BCUT2D eigenvalue weighted by molar-refractivity contribution is -0.116. The molecule has 1 unspecified atom stereocenters. The molecular weight excluding hydrogens is 238 g/mol. The minimum Gasteiger partial charge on any atom is -0.327 e. The van der Waals surface area contributed by atoms with Crippen molar-refractivity contribution in [2.24, 2.45) is 11.7 Å². The van der Waals surface area contributed by atoms with Gasteiger partial charge in [-0.1, -0.05) is 13.8 Å². The van der Waals surface area contributed by atoms with Gasteiger partial charge in [-0.2, -0.15) is 0 Å². The molecule has 1 aromatic heterocycles. The second-order valence-electron chi connectivity index (χ2n) is 4.25. The number of rotatable bonds is 5. The third-order valence-corrected chi connectivity index (χ3v) is 3.15. The Hall–Kier alpha value is -1.27. The fourth-order valence-electron chi connectivity index (χ4n) is 1.11. The van der Waals surface area contributed by atoms with E-state index in [0.29, 0.717) is 10.8 Å². The molecule has 0 fully saturated rings. The van der Waals surface area contributed by atoms with Crippen LogP contribution in [0.1, 0.15) is 37.7 Å². The first-order chi connectivity index (χ1) is 7.90. The summed E-state index contributed by atoms with van der Waals surface area (Å²) in [6.45, 7) is 5.37. The van der Waals surface area contributed by atoms with Crippen molar-refractivity contribution in [1.29, 1.82) is 0 Å². The first kappa shape index (κ1) is 13.8. The number of ketones is 1. The quantitative estimate of drug-likeness (QED) is 0.783. The van der Waals surface area contributed by atoms with E-state index in [0.717, 1.165) is 0 Å². The van der Waals surface area contributed by atoms with Crippen molar-refractivity contribution in [2.75, 3.05) is 5.32 Å². The van der Waals surface area contributed by atoms with Crippen LogP contribution in [0.15, 0.2) is 5.38 Å². The lowest BCUT2D eigenvalue weighted by Crippen LogP contribution is -2.31. The maximum atomic E-state index is 11.6. The Morgan fingerprint density at radius 2 is 2.18 bits per heavy atom. The molecule has 0 aromatic carbocycles. The summed E-state index contributed by atoms with van der Waals surface area (Å²) >= 11 is 1.24. The molecule has 1 aromatic rings.